The van der Waals surface area contributed by atoms with E-state index in [1.54, 1.807) is 30.3 Å². The van der Waals surface area contributed by atoms with E-state index in [4.69, 9.17) is 11.6 Å². The maximum Gasteiger partial charge on any atom is 0.305 e. The number of aromatic amines is 1. The van der Waals surface area contributed by atoms with Crippen LogP contribution in [0.3, 0.4) is 0 Å². The molecule has 0 spiro atoms. The zero-order chi connectivity index (χ0) is 21.1. The molecule has 0 aliphatic rings. The van der Waals surface area contributed by atoms with Crippen LogP contribution in [-0.2, 0) is 4.79 Å². The molecule has 0 bridgehead atoms. The molecule has 150 valence electrons. The van der Waals surface area contributed by atoms with Gasteiger partial charge in [-0.1, -0.05) is 29.8 Å². The zero-order valence-corrected chi connectivity index (χ0v) is 16.0. The Hall–Kier alpha value is -3.39. The summed E-state index contributed by atoms with van der Waals surface area (Å²) in [6, 6.07) is 10.8. The van der Waals surface area contributed by atoms with Crippen LogP contribution in [0.1, 0.15) is 34.1 Å². The predicted octanol–water partition coefficient (Wildman–Crippen LogP) is 3.21. The van der Waals surface area contributed by atoms with E-state index in [0.717, 1.165) is 10.7 Å². The largest absolute Gasteiger partial charge is 0.481 e. The average Bonchev–Trinajstić information content (AvgIpc) is 3.05. The molecule has 2 aromatic carbocycles. The van der Waals surface area contributed by atoms with Gasteiger partial charge in [0.05, 0.1) is 18.2 Å². The third-order valence-corrected chi connectivity index (χ3v) is 4.64. The molecule has 1 amide bonds. The molecule has 1 aromatic heterocycles. The fourth-order valence-corrected chi connectivity index (χ4v) is 3.15. The first-order valence-corrected chi connectivity index (χ1v) is 8.99. The lowest BCUT2D eigenvalue weighted by atomic mass is 9.98. The second-order valence-electron chi connectivity index (χ2n) is 6.40. The highest BCUT2D eigenvalue weighted by atomic mass is 35.5. The van der Waals surface area contributed by atoms with Gasteiger partial charge in [-0.3, -0.25) is 19.5 Å². The molecule has 0 saturated carbocycles. The molecular weight excluding hydrogens is 401 g/mol. The molecule has 3 rings (SSSR count). The lowest BCUT2D eigenvalue weighted by Gasteiger charge is -2.19. The van der Waals surface area contributed by atoms with Crippen molar-refractivity contribution in [2.24, 2.45) is 0 Å². The van der Waals surface area contributed by atoms with Crippen molar-refractivity contribution in [2.45, 2.75) is 19.4 Å². The summed E-state index contributed by atoms with van der Waals surface area (Å²) < 4.78 is 15.0. The number of amides is 1. The van der Waals surface area contributed by atoms with Crippen LogP contribution in [0.2, 0.25) is 5.02 Å². The van der Waals surface area contributed by atoms with Crippen molar-refractivity contribution in [3.63, 3.8) is 0 Å². The number of carboxylic acid groups (broad SMARTS) is 1. The Kier molecular flexibility index (Phi) is 5.84. The summed E-state index contributed by atoms with van der Waals surface area (Å²) in [7, 11) is 0. The van der Waals surface area contributed by atoms with Crippen LogP contribution in [-0.4, -0.2) is 26.8 Å². The van der Waals surface area contributed by atoms with Crippen molar-refractivity contribution in [1.29, 1.82) is 0 Å². The molecule has 0 radical (unpaired) electrons. The first-order chi connectivity index (χ1) is 13.8. The highest BCUT2D eigenvalue weighted by molar-refractivity contribution is 6.30. The molecule has 1 atom stereocenters. The van der Waals surface area contributed by atoms with Crippen molar-refractivity contribution in [3.8, 4) is 5.69 Å². The normalized spacial score (nSPS) is 11.8. The number of hydrogen-bond donors (Lipinski definition) is 3. The number of hydrogen-bond acceptors (Lipinski definition) is 3. The van der Waals surface area contributed by atoms with Crippen LogP contribution in [0.4, 0.5) is 4.39 Å². The van der Waals surface area contributed by atoms with Crippen LogP contribution in [0.25, 0.3) is 5.69 Å². The molecule has 0 saturated heterocycles. The number of halogens is 2. The van der Waals surface area contributed by atoms with Crippen LogP contribution >= 0.6 is 11.6 Å². The van der Waals surface area contributed by atoms with E-state index in [2.05, 4.69) is 10.4 Å². The number of nitrogens with one attached hydrogen (secondary N) is 2. The van der Waals surface area contributed by atoms with Crippen LogP contribution < -0.4 is 10.9 Å². The van der Waals surface area contributed by atoms with Gasteiger partial charge in [-0.15, -0.1) is 0 Å². The number of rotatable bonds is 6. The van der Waals surface area contributed by atoms with Gasteiger partial charge in [0.15, 0.2) is 0 Å². The number of carbonyl (C=O) groups excluding carboxylic acids is 1. The molecular formula is C20H17ClFN3O4. The number of nitrogens with zero attached hydrogens (tertiary/aromatic N) is 1. The van der Waals surface area contributed by atoms with Gasteiger partial charge in [0.1, 0.15) is 11.5 Å². The van der Waals surface area contributed by atoms with Crippen molar-refractivity contribution in [3.05, 3.63) is 86.5 Å². The molecule has 3 aromatic rings. The summed E-state index contributed by atoms with van der Waals surface area (Å²) in [6.07, 6.45) is -0.449. The molecule has 0 aliphatic heterocycles. The fraction of sp³-hybridized carbons (Fsp3) is 0.150. The number of carbonyl (C=O) groups is 2. The topological polar surface area (TPSA) is 104 Å². The van der Waals surface area contributed by atoms with Gasteiger partial charge < -0.3 is 10.4 Å². The highest BCUT2D eigenvalue weighted by Crippen LogP contribution is 2.23. The van der Waals surface area contributed by atoms with Crippen LogP contribution in [0, 0.1) is 12.7 Å². The van der Waals surface area contributed by atoms with Gasteiger partial charge in [0.2, 0.25) is 0 Å². The van der Waals surface area contributed by atoms with Gasteiger partial charge in [-0.2, -0.15) is 0 Å². The maximum absolute atomic E-state index is 13.9. The van der Waals surface area contributed by atoms with Crippen molar-refractivity contribution in [2.75, 3.05) is 0 Å². The van der Waals surface area contributed by atoms with Crippen LogP contribution in [0.5, 0.6) is 0 Å². The van der Waals surface area contributed by atoms with E-state index in [-0.39, 0.29) is 11.3 Å². The summed E-state index contributed by atoms with van der Waals surface area (Å²) in [5, 5.41) is 14.8. The van der Waals surface area contributed by atoms with E-state index in [0.29, 0.717) is 16.3 Å². The standard InChI is InChI=1S/C20H17ClFN3O4/c1-11-14(6-3-7-15(11)22)16(10-19(27)28)23-20(29)17-9-18(26)25(24-17)13-5-2-4-12(21)8-13/h2-9,16,24H,10H2,1H3,(H,23,29)(H,27,28). The summed E-state index contributed by atoms with van der Waals surface area (Å²) in [5.41, 5.74) is 0.458. The minimum Gasteiger partial charge on any atom is -0.481 e. The minimum absolute atomic E-state index is 0.0700. The Morgan fingerprint density at radius 2 is 1.97 bits per heavy atom. The SMILES string of the molecule is Cc1c(F)cccc1C(CC(=O)O)NC(=O)c1cc(=O)n(-c2cccc(Cl)c2)[nH]1. The minimum atomic E-state index is -1.16. The molecule has 0 aliphatic carbocycles. The van der Waals surface area contributed by atoms with E-state index in [1.165, 1.54) is 19.1 Å². The molecule has 9 heteroatoms. The number of aliphatic carboxylic acids is 1. The highest BCUT2D eigenvalue weighted by Gasteiger charge is 2.23. The Balaban J connectivity index is 1.91. The average molecular weight is 418 g/mol. The van der Waals surface area contributed by atoms with Gasteiger partial charge in [0.25, 0.3) is 11.5 Å². The number of H-pyrrole nitrogens is 1. The summed E-state index contributed by atoms with van der Waals surface area (Å²) in [6.45, 7) is 1.50. The van der Waals surface area contributed by atoms with Crippen LogP contribution in [0.15, 0.2) is 53.3 Å². The number of aromatic nitrogens is 2. The Morgan fingerprint density at radius 3 is 2.66 bits per heavy atom. The quantitative estimate of drug-likeness (QED) is 0.572. The second kappa shape index (κ2) is 8.32. The lowest BCUT2D eigenvalue weighted by molar-refractivity contribution is -0.137. The smallest absolute Gasteiger partial charge is 0.305 e. The number of carboxylic acids is 1. The summed E-state index contributed by atoms with van der Waals surface area (Å²) in [5.74, 6) is -2.37. The van der Waals surface area contributed by atoms with E-state index >= 15 is 0 Å². The second-order valence-corrected chi connectivity index (χ2v) is 6.84. The Morgan fingerprint density at radius 1 is 1.24 bits per heavy atom. The Labute approximate surface area is 169 Å². The van der Waals surface area contributed by atoms with E-state index in [9.17, 15) is 23.9 Å². The summed E-state index contributed by atoms with van der Waals surface area (Å²) in [4.78, 5) is 36.2. The Bertz CT molecular complexity index is 1140. The zero-order valence-electron chi connectivity index (χ0n) is 15.3. The van der Waals surface area contributed by atoms with E-state index < -0.39 is 35.7 Å². The van der Waals surface area contributed by atoms with Gasteiger partial charge in [-0.25, -0.2) is 9.07 Å². The van der Waals surface area contributed by atoms with Gasteiger partial charge in [-0.05, 0) is 42.3 Å². The molecule has 1 unspecified atom stereocenters. The first kappa shape index (κ1) is 20.3. The van der Waals surface area contributed by atoms with Gasteiger partial charge in [0, 0.05) is 11.1 Å². The maximum atomic E-state index is 13.9. The van der Waals surface area contributed by atoms with E-state index in [1.807, 2.05) is 0 Å². The van der Waals surface area contributed by atoms with Gasteiger partial charge >= 0.3 is 5.97 Å². The van der Waals surface area contributed by atoms with Crippen molar-refractivity contribution >= 4 is 23.5 Å². The van der Waals surface area contributed by atoms with Crippen molar-refractivity contribution in [1.82, 2.24) is 15.1 Å². The lowest BCUT2D eigenvalue weighted by Crippen LogP contribution is -2.31. The van der Waals surface area contributed by atoms with Crippen molar-refractivity contribution < 1.29 is 19.1 Å². The molecule has 0 fully saturated rings. The third kappa shape index (κ3) is 4.55. The monoisotopic (exact) mass is 417 g/mol. The number of benzene rings is 2. The molecule has 7 nitrogen and oxygen atoms in total. The molecule has 1 heterocycles. The summed E-state index contributed by atoms with van der Waals surface area (Å²) >= 11 is 5.93. The third-order valence-electron chi connectivity index (χ3n) is 4.40. The molecule has 3 N–H and O–H groups in total. The molecule has 29 heavy (non-hydrogen) atoms. The predicted molar refractivity (Wildman–Crippen MR) is 105 cm³/mol. The first-order valence-electron chi connectivity index (χ1n) is 8.62. The fourth-order valence-electron chi connectivity index (χ4n) is 2.97.